The largest absolute Gasteiger partial charge is 0.493 e. The average Bonchev–Trinajstić information content (AvgIpc) is 3.17. The molecule has 54 heavy (non-hydrogen) atoms. The van der Waals surface area contributed by atoms with Crippen molar-refractivity contribution in [3.63, 3.8) is 0 Å². The van der Waals surface area contributed by atoms with Crippen LogP contribution >= 0.6 is 0 Å². The molecule has 2 rings (SSSR count). The van der Waals surface area contributed by atoms with Gasteiger partial charge in [0.2, 0.25) is 0 Å². The third-order valence-electron chi connectivity index (χ3n) is 10.2. The van der Waals surface area contributed by atoms with Crippen molar-refractivity contribution in [1.82, 2.24) is 9.80 Å². The molecule has 310 valence electrons. The summed E-state index contributed by atoms with van der Waals surface area (Å²) >= 11 is 0. The monoisotopic (exact) mass is 763 g/mol. The lowest BCUT2D eigenvalue weighted by Crippen LogP contribution is -2.47. The molecule has 1 saturated heterocycles. The first kappa shape index (κ1) is 47.3. The Kier molecular flexibility index (Phi) is 26.6. The number of unbranched alkanes of at least 4 members (excludes halogenated alkanes) is 4. The molecule has 1 aliphatic rings. The molecule has 0 aliphatic carbocycles. The van der Waals surface area contributed by atoms with Crippen molar-refractivity contribution in [2.45, 2.75) is 137 Å². The van der Waals surface area contributed by atoms with Gasteiger partial charge in [0.25, 0.3) is 0 Å². The molecule has 0 bridgehead atoms. The molecule has 1 aromatic carbocycles. The predicted molar refractivity (Wildman–Crippen MR) is 213 cm³/mol. The highest BCUT2D eigenvalue weighted by Gasteiger charge is 2.17. The molecule has 1 fully saturated rings. The number of aliphatic hydroxyl groups is 1. The predicted octanol–water partition coefficient (Wildman–Crippen LogP) is 7.74. The molecule has 0 saturated carbocycles. The molecule has 1 N–H and O–H groups in total. The molecular formula is C43H74N2O9. The quantitative estimate of drug-likeness (QED) is 0.0441. The molecule has 2 atom stereocenters. The van der Waals surface area contributed by atoms with E-state index < -0.39 is 0 Å². The molecular weight excluding hydrogens is 688 g/mol. The maximum absolute atomic E-state index is 12.6. The number of esters is 3. The molecule has 1 aromatic rings. The molecule has 11 heteroatoms. The summed E-state index contributed by atoms with van der Waals surface area (Å²) in [5.74, 6) is 1.53. The van der Waals surface area contributed by atoms with Crippen LogP contribution in [-0.2, 0) is 35.2 Å². The van der Waals surface area contributed by atoms with Crippen molar-refractivity contribution < 1.29 is 43.2 Å². The van der Waals surface area contributed by atoms with E-state index in [1.54, 1.807) is 0 Å². The fraction of sp³-hybridized carbons (Fsp3) is 0.791. The molecule has 1 aliphatic heterocycles. The van der Waals surface area contributed by atoms with Gasteiger partial charge in [-0.3, -0.25) is 19.3 Å². The molecule has 1 heterocycles. The Bertz CT molecular complexity index is 1080. The summed E-state index contributed by atoms with van der Waals surface area (Å²) in [6.45, 7) is 16.1. The number of carbonyl (C=O) groups excluding carboxylic acids is 3. The van der Waals surface area contributed by atoms with Crippen molar-refractivity contribution in [2.24, 2.45) is 11.8 Å². The second-order valence-corrected chi connectivity index (χ2v) is 14.8. The number of rotatable bonds is 32. The van der Waals surface area contributed by atoms with E-state index >= 15 is 0 Å². The van der Waals surface area contributed by atoms with Gasteiger partial charge in [-0.25, -0.2) is 0 Å². The van der Waals surface area contributed by atoms with Crippen LogP contribution in [0.25, 0.3) is 0 Å². The number of aliphatic hydroxyl groups excluding tert-OH is 1. The van der Waals surface area contributed by atoms with Gasteiger partial charge in [-0.15, -0.1) is 0 Å². The minimum Gasteiger partial charge on any atom is -0.493 e. The van der Waals surface area contributed by atoms with E-state index in [-0.39, 0.29) is 31.1 Å². The van der Waals surface area contributed by atoms with Crippen molar-refractivity contribution >= 4 is 17.9 Å². The van der Waals surface area contributed by atoms with Gasteiger partial charge in [-0.1, -0.05) is 66.2 Å². The Balaban J connectivity index is 1.82. The summed E-state index contributed by atoms with van der Waals surface area (Å²) < 4.78 is 28.9. The van der Waals surface area contributed by atoms with E-state index in [9.17, 15) is 14.4 Å². The fourth-order valence-corrected chi connectivity index (χ4v) is 6.43. The fourth-order valence-electron chi connectivity index (χ4n) is 6.43. The molecule has 0 aromatic heterocycles. The summed E-state index contributed by atoms with van der Waals surface area (Å²) in [4.78, 5) is 41.8. The van der Waals surface area contributed by atoms with Gasteiger partial charge in [-0.05, 0) is 81.0 Å². The minimum absolute atomic E-state index is 0.109. The Morgan fingerprint density at radius 1 is 0.611 bits per heavy atom. The van der Waals surface area contributed by atoms with Crippen LogP contribution in [0, 0.1) is 11.8 Å². The second-order valence-electron chi connectivity index (χ2n) is 14.8. The highest BCUT2D eigenvalue weighted by Crippen LogP contribution is 2.25. The van der Waals surface area contributed by atoms with E-state index in [1.807, 2.05) is 18.2 Å². The lowest BCUT2D eigenvalue weighted by Gasteiger charge is -2.34. The van der Waals surface area contributed by atoms with E-state index in [0.29, 0.717) is 101 Å². The Morgan fingerprint density at radius 2 is 1.07 bits per heavy atom. The van der Waals surface area contributed by atoms with Crippen LogP contribution in [0.15, 0.2) is 18.2 Å². The molecule has 0 spiro atoms. The maximum Gasteiger partial charge on any atom is 0.306 e. The number of ether oxygens (including phenoxy) is 5. The van der Waals surface area contributed by atoms with Crippen molar-refractivity contribution in [3.8, 4) is 11.5 Å². The molecule has 2 unspecified atom stereocenters. The first-order valence-electron chi connectivity index (χ1n) is 21.2. The smallest absolute Gasteiger partial charge is 0.306 e. The number of nitrogens with zero attached hydrogens (tertiary/aromatic N) is 2. The van der Waals surface area contributed by atoms with E-state index in [4.69, 9.17) is 28.8 Å². The summed E-state index contributed by atoms with van der Waals surface area (Å²) in [5, 5.41) is 9.15. The van der Waals surface area contributed by atoms with Crippen LogP contribution in [-0.4, -0.2) is 105 Å². The lowest BCUT2D eigenvalue weighted by atomic mass is 10.0. The topological polar surface area (TPSA) is 124 Å². The number of carbonyl (C=O) groups is 3. The number of hydrogen-bond donors (Lipinski definition) is 1. The van der Waals surface area contributed by atoms with E-state index in [1.165, 1.54) is 0 Å². The van der Waals surface area contributed by atoms with Gasteiger partial charge in [0.05, 0.1) is 33.0 Å². The zero-order valence-electron chi connectivity index (χ0n) is 34.3. The van der Waals surface area contributed by atoms with Crippen LogP contribution in [0.5, 0.6) is 11.5 Å². The standard InChI is InChI=1S/C43H74N2O9/c1-5-9-16-36(7-3)33-52-41(47)18-11-13-28-50-39-30-38(35-54-43(49)20-15-21-44-22-24-45(25-23-44)26-27-46)31-40(32-39)51-29-14-12-19-42(48)53-34-37(8-4)17-10-6-2/h30-32,36-37,46H,5-29,33-35H2,1-4H3. The van der Waals surface area contributed by atoms with Crippen molar-refractivity contribution in [1.29, 1.82) is 0 Å². The SMILES string of the molecule is CCCCC(CC)COC(=O)CCCCOc1cc(COC(=O)CCCN2CCN(CCO)CC2)cc(OCCCCC(=O)OCC(CC)CCCC)c1. The van der Waals surface area contributed by atoms with E-state index in [0.717, 1.165) is 96.1 Å². The molecule has 0 radical (unpaired) electrons. The van der Waals surface area contributed by atoms with Crippen LogP contribution in [0.2, 0.25) is 0 Å². The van der Waals surface area contributed by atoms with Gasteiger partial charge in [0.1, 0.15) is 18.1 Å². The summed E-state index contributed by atoms with van der Waals surface area (Å²) in [6, 6.07) is 5.56. The first-order chi connectivity index (χ1) is 26.3. The number of piperazine rings is 1. The second kappa shape index (κ2) is 30.3. The zero-order chi connectivity index (χ0) is 39.2. The number of β-amino-alcohol motifs (C(OH)–C–C–N with tert-alkyl or cyclic N) is 1. The highest BCUT2D eigenvalue weighted by atomic mass is 16.5. The van der Waals surface area contributed by atoms with Crippen molar-refractivity contribution in [3.05, 3.63) is 23.8 Å². The normalized spacial score (nSPS) is 14.7. The zero-order valence-corrected chi connectivity index (χ0v) is 34.3. The summed E-state index contributed by atoms with van der Waals surface area (Å²) in [6.07, 6.45) is 13.4. The third kappa shape index (κ3) is 22.5. The van der Waals surface area contributed by atoms with Crippen LogP contribution in [0.4, 0.5) is 0 Å². The maximum atomic E-state index is 12.6. The third-order valence-corrected chi connectivity index (χ3v) is 10.2. The molecule has 0 amide bonds. The first-order valence-corrected chi connectivity index (χ1v) is 21.2. The van der Waals surface area contributed by atoms with Gasteiger partial charge in [0.15, 0.2) is 0 Å². The van der Waals surface area contributed by atoms with E-state index in [2.05, 4.69) is 37.5 Å². The number of hydrogen-bond acceptors (Lipinski definition) is 11. The summed E-state index contributed by atoms with van der Waals surface area (Å²) in [7, 11) is 0. The summed E-state index contributed by atoms with van der Waals surface area (Å²) in [5.41, 5.74) is 0.769. The minimum atomic E-state index is -0.243. The lowest BCUT2D eigenvalue weighted by molar-refractivity contribution is -0.146. The Morgan fingerprint density at radius 3 is 1.54 bits per heavy atom. The Labute approximate surface area is 326 Å². The van der Waals surface area contributed by atoms with Gasteiger partial charge in [0, 0.05) is 58.1 Å². The molecule has 11 nitrogen and oxygen atoms in total. The Hall–Kier alpha value is -2.89. The highest BCUT2D eigenvalue weighted by molar-refractivity contribution is 5.70. The van der Waals surface area contributed by atoms with Gasteiger partial charge in [-0.2, -0.15) is 0 Å². The van der Waals surface area contributed by atoms with Crippen molar-refractivity contribution in [2.75, 3.05) is 72.3 Å². The van der Waals surface area contributed by atoms with Crippen LogP contribution in [0.3, 0.4) is 0 Å². The van der Waals surface area contributed by atoms with Crippen LogP contribution < -0.4 is 9.47 Å². The van der Waals surface area contributed by atoms with Gasteiger partial charge >= 0.3 is 17.9 Å². The number of benzene rings is 1. The van der Waals surface area contributed by atoms with Gasteiger partial charge < -0.3 is 33.7 Å². The average molecular weight is 763 g/mol. The van der Waals surface area contributed by atoms with Crippen LogP contribution in [0.1, 0.15) is 136 Å².